The predicted octanol–water partition coefficient (Wildman–Crippen LogP) is 0.896. The molecule has 10 heavy (non-hydrogen) atoms. The van der Waals surface area contributed by atoms with Gasteiger partial charge in [0.05, 0.1) is 6.61 Å². The van der Waals surface area contributed by atoms with Gasteiger partial charge in [0.25, 0.3) is 0 Å². The number of aliphatic hydroxyl groups excluding tert-OH is 1. The van der Waals surface area contributed by atoms with E-state index in [1.807, 2.05) is 6.92 Å². The van der Waals surface area contributed by atoms with Crippen LogP contribution in [0.4, 0.5) is 0 Å². The number of hydrogen-bond donors (Lipinski definition) is 2. The summed E-state index contributed by atoms with van der Waals surface area (Å²) >= 11 is 0. The average Bonchev–Trinajstić information content (AvgIpc) is 2.43. The fraction of sp³-hybridized carbons (Fsp3) is 0.571. The van der Waals surface area contributed by atoms with Gasteiger partial charge in [-0.1, -0.05) is 6.92 Å². The van der Waals surface area contributed by atoms with Crippen molar-refractivity contribution in [3.8, 4) is 0 Å². The Hall–Kier alpha value is -0.830. The Morgan fingerprint density at radius 1 is 1.80 bits per heavy atom. The molecule has 1 rings (SSSR count). The molecule has 1 aromatic heterocycles. The van der Waals surface area contributed by atoms with Crippen LogP contribution in [-0.2, 0) is 0 Å². The zero-order chi connectivity index (χ0) is 7.40. The monoisotopic (exact) mass is 140 g/mol. The molecule has 2 N–H and O–H groups in total. The highest BCUT2D eigenvalue weighted by atomic mass is 16.3. The van der Waals surface area contributed by atoms with E-state index < -0.39 is 0 Å². The Kier molecular flexibility index (Phi) is 2.45. The summed E-state index contributed by atoms with van der Waals surface area (Å²) in [6, 6.07) is 0. The third-order valence-corrected chi connectivity index (χ3v) is 1.62. The molecule has 3 nitrogen and oxygen atoms in total. The minimum atomic E-state index is 0.171. The first-order valence-corrected chi connectivity index (χ1v) is 3.48. The largest absolute Gasteiger partial charge is 0.396 e. The lowest BCUT2D eigenvalue weighted by molar-refractivity contribution is 0.258. The van der Waals surface area contributed by atoms with Crippen molar-refractivity contribution in [2.75, 3.05) is 6.61 Å². The Bertz CT molecular complexity index is 168. The van der Waals surface area contributed by atoms with Gasteiger partial charge in [-0.15, -0.1) is 0 Å². The van der Waals surface area contributed by atoms with E-state index in [1.165, 1.54) is 0 Å². The van der Waals surface area contributed by atoms with E-state index >= 15 is 0 Å². The lowest BCUT2D eigenvalue weighted by Gasteiger charge is -2.06. The van der Waals surface area contributed by atoms with Crippen LogP contribution in [0.5, 0.6) is 0 Å². The number of aliphatic hydroxyl groups is 1. The van der Waals surface area contributed by atoms with Crippen molar-refractivity contribution in [3.05, 3.63) is 18.2 Å². The second-order valence-corrected chi connectivity index (χ2v) is 2.26. The maximum atomic E-state index is 8.84. The van der Waals surface area contributed by atoms with Gasteiger partial charge in [0.2, 0.25) is 0 Å². The quantitative estimate of drug-likeness (QED) is 0.655. The number of aromatic nitrogens is 2. The van der Waals surface area contributed by atoms with Gasteiger partial charge in [-0.05, 0) is 6.42 Å². The van der Waals surface area contributed by atoms with Crippen molar-refractivity contribution in [2.24, 2.45) is 0 Å². The van der Waals surface area contributed by atoms with Crippen molar-refractivity contribution in [2.45, 2.75) is 19.3 Å². The summed E-state index contributed by atoms with van der Waals surface area (Å²) in [5.41, 5.74) is 0. The van der Waals surface area contributed by atoms with E-state index in [0.29, 0.717) is 0 Å². The Morgan fingerprint density at radius 3 is 3.00 bits per heavy atom. The lowest BCUT2D eigenvalue weighted by atomic mass is 10.1. The summed E-state index contributed by atoms with van der Waals surface area (Å²) in [5.74, 6) is 1.06. The zero-order valence-electron chi connectivity index (χ0n) is 6.04. The summed E-state index contributed by atoms with van der Waals surface area (Å²) in [5, 5.41) is 8.84. The predicted molar refractivity (Wildman–Crippen MR) is 38.7 cm³/mol. The molecule has 1 aromatic rings. The molecule has 0 spiro atoms. The minimum absolute atomic E-state index is 0.171. The van der Waals surface area contributed by atoms with Gasteiger partial charge in [-0.25, -0.2) is 4.98 Å². The van der Waals surface area contributed by atoms with E-state index in [0.717, 1.165) is 12.2 Å². The molecular weight excluding hydrogens is 128 g/mol. The molecule has 1 heterocycles. The van der Waals surface area contributed by atoms with E-state index in [4.69, 9.17) is 5.11 Å². The van der Waals surface area contributed by atoms with Crippen LogP contribution < -0.4 is 0 Å². The third-order valence-electron chi connectivity index (χ3n) is 1.62. The maximum Gasteiger partial charge on any atom is 0.111 e. The summed E-state index contributed by atoms with van der Waals surface area (Å²) in [4.78, 5) is 7.01. The first kappa shape index (κ1) is 7.28. The fourth-order valence-corrected chi connectivity index (χ4v) is 0.910. The zero-order valence-corrected chi connectivity index (χ0v) is 6.04. The summed E-state index contributed by atoms with van der Waals surface area (Å²) in [7, 11) is 0. The first-order chi connectivity index (χ1) is 4.88. The number of aromatic amines is 1. The molecule has 1 atom stereocenters. The smallest absolute Gasteiger partial charge is 0.111 e. The van der Waals surface area contributed by atoms with Crippen LogP contribution in [0.2, 0.25) is 0 Å². The number of rotatable bonds is 3. The number of hydrogen-bond acceptors (Lipinski definition) is 2. The molecule has 0 aliphatic carbocycles. The normalized spacial score (nSPS) is 13.4. The summed E-state index contributed by atoms with van der Waals surface area (Å²) < 4.78 is 0. The third kappa shape index (κ3) is 1.36. The highest BCUT2D eigenvalue weighted by Gasteiger charge is 2.08. The van der Waals surface area contributed by atoms with Crippen LogP contribution in [0.1, 0.15) is 25.1 Å². The molecule has 0 aromatic carbocycles. The SMILES string of the molecule is CCC(CO)c1ncc[nH]1. The van der Waals surface area contributed by atoms with Crippen LogP contribution in [0.25, 0.3) is 0 Å². The van der Waals surface area contributed by atoms with Crippen LogP contribution in [0.3, 0.4) is 0 Å². The Labute approximate surface area is 60.1 Å². The van der Waals surface area contributed by atoms with Crippen LogP contribution in [0, 0.1) is 0 Å². The first-order valence-electron chi connectivity index (χ1n) is 3.48. The molecule has 0 saturated carbocycles. The molecule has 0 bridgehead atoms. The molecule has 0 aliphatic rings. The molecule has 1 unspecified atom stereocenters. The highest BCUT2D eigenvalue weighted by Crippen LogP contribution is 2.12. The molecule has 0 saturated heterocycles. The van der Waals surface area contributed by atoms with Gasteiger partial charge >= 0.3 is 0 Å². The number of nitrogens with zero attached hydrogens (tertiary/aromatic N) is 1. The summed E-state index contributed by atoms with van der Waals surface area (Å²) in [6.45, 7) is 2.20. The Balaban J connectivity index is 2.64. The highest BCUT2D eigenvalue weighted by molar-refractivity contribution is 4.95. The molecule has 0 fully saturated rings. The van der Waals surface area contributed by atoms with Gasteiger partial charge in [0.15, 0.2) is 0 Å². The van der Waals surface area contributed by atoms with Crippen molar-refractivity contribution in [1.29, 1.82) is 0 Å². The molecule has 56 valence electrons. The van der Waals surface area contributed by atoms with Gasteiger partial charge in [0, 0.05) is 18.3 Å². The van der Waals surface area contributed by atoms with Crippen LogP contribution in [-0.4, -0.2) is 21.7 Å². The molecule has 0 amide bonds. The van der Waals surface area contributed by atoms with Crippen LogP contribution in [0.15, 0.2) is 12.4 Å². The molecular formula is C7H12N2O. The van der Waals surface area contributed by atoms with Crippen molar-refractivity contribution >= 4 is 0 Å². The van der Waals surface area contributed by atoms with Crippen molar-refractivity contribution in [1.82, 2.24) is 9.97 Å². The number of imidazole rings is 1. The number of H-pyrrole nitrogens is 1. The van der Waals surface area contributed by atoms with Gasteiger partial charge in [-0.2, -0.15) is 0 Å². The van der Waals surface area contributed by atoms with Gasteiger partial charge in [-0.3, -0.25) is 0 Å². The van der Waals surface area contributed by atoms with Gasteiger partial charge in [0.1, 0.15) is 5.82 Å². The van der Waals surface area contributed by atoms with E-state index in [9.17, 15) is 0 Å². The lowest BCUT2D eigenvalue weighted by Crippen LogP contribution is -2.04. The topological polar surface area (TPSA) is 48.9 Å². The number of nitrogens with one attached hydrogen (secondary N) is 1. The van der Waals surface area contributed by atoms with Crippen LogP contribution >= 0.6 is 0 Å². The Morgan fingerprint density at radius 2 is 2.60 bits per heavy atom. The maximum absolute atomic E-state index is 8.84. The fourth-order valence-electron chi connectivity index (χ4n) is 0.910. The summed E-state index contributed by atoms with van der Waals surface area (Å²) in [6.07, 6.45) is 4.39. The standard InChI is InChI=1S/C7H12N2O/c1-2-6(5-10)7-8-3-4-9-7/h3-4,6,10H,2,5H2,1H3,(H,8,9). The van der Waals surface area contributed by atoms with Gasteiger partial charge < -0.3 is 10.1 Å². The van der Waals surface area contributed by atoms with E-state index in [1.54, 1.807) is 12.4 Å². The average molecular weight is 140 g/mol. The van der Waals surface area contributed by atoms with E-state index in [-0.39, 0.29) is 12.5 Å². The van der Waals surface area contributed by atoms with Crippen molar-refractivity contribution in [3.63, 3.8) is 0 Å². The second-order valence-electron chi connectivity index (χ2n) is 2.26. The minimum Gasteiger partial charge on any atom is -0.396 e. The van der Waals surface area contributed by atoms with E-state index in [2.05, 4.69) is 9.97 Å². The molecule has 0 aliphatic heterocycles. The molecule has 3 heteroatoms. The molecule has 0 radical (unpaired) electrons. The second kappa shape index (κ2) is 3.37. The van der Waals surface area contributed by atoms with Crippen molar-refractivity contribution < 1.29 is 5.11 Å².